The van der Waals surface area contributed by atoms with E-state index in [2.05, 4.69) is 15.6 Å². The molecule has 0 saturated carbocycles. The first-order valence-electron chi connectivity index (χ1n) is 5.54. The first-order chi connectivity index (χ1) is 8.74. The minimum absolute atomic E-state index is 0.236. The van der Waals surface area contributed by atoms with Crippen molar-refractivity contribution in [2.75, 3.05) is 11.9 Å². The van der Waals surface area contributed by atoms with E-state index in [1.165, 1.54) is 0 Å². The van der Waals surface area contributed by atoms with Gasteiger partial charge in [0.05, 0.1) is 6.33 Å². The Hall–Kier alpha value is -2.08. The van der Waals surface area contributed by atoms with Gasteiger partial charge in [-0.05, 0) is 36.5 Å². The Balaban J connectivity index is 1.73. The molecule has 0 unspecified atom stereocenters. The smallest absolute Gasteiger partial charge is 0.170 e. The molecule has 6 heteroatoms. The van der Waals surface area contributed by atoms with Crippen molar-refractivity contribution >= 4 is 23.0 Å². The molecule has 0 aliphatic carbocycles. The lowest BCUT2D eigenvalue weighted by Gasteiger charge is -2.10. The first-order valence-corrected chi connectivity index (χ1v) is 5.94. The molecule has 3 N–H and O–H groups in total. The third-order valence-corrected chi connectivity index (χ3v) is 2.59. The van der Waals surface area contributed by atoms with Crippen molar-refractivity contribution < 1.29 is 5.11 Å². The predicted molar refractivity (Wildman–Crippen MR) is 74.6 cm³/mol. The Morgan fingerprint density at radius 2 is 2.11 bits per heavy atom. The minimum atomic E-state index is 0.236. The summed E-state index contributed by atoms with van der Waals surface area (Å²) in [5.41, 5.74) is 0.841. The van der Waals surface area contributed by atoms with Crippen LogP contribution in [-0.2, 0) is 6.54 Å². The van der Waals surface area contributed by atoms with E-state index in [1.54, 1.807) is 36.8 Å². The maximum atomic E-state index is 9.15. The summed E-state index contributed by atoms with van der Waals surface area (Å²) >= 11 is 5.15. The molecule has 0 saturated heterocycles. The second kappa shape index (κ2) is 6.02. The van der Waals surface area contributed by atoms with Crippen LogP contribution in [0.25, 0.3) is 0 Å². The van der Waals surface area contributed by atoms with E-state index in [0.29, 0.717) is 5.11 Å². The van der Waals surface area contributed by atoms with Crippen molar-refractivity contribution in [1.82, 2.24) is 14.9 Å². The molecule has 2 aromatic rings. The highest BCUT2D eigenvalue weighted by Crippen LogP contribution is 2.13. The number of nitrogens with one attached hydrogen (secondary N) is 2. The summed E-state index contributed by atoms with van der Waals surface area (Å²) in [5, 5.41) is 15.8. The van der Waals surface area contributed by atoms with Gasteiger partial charge in [0.15, 0.2) is 5.11 Å². The highest BCUT2D eigenvalue weighted by molar-refractivity contribution is 7.80. The van der Waals surface area contributed by atoms with Crippen molar-refractivity contribution in [3.8, 4) is 5.75 Å². The highest BCUT2D eigenvalue weighted by atomic mass is 32.1. The summed E-state index contributed by atoms with van der Waals surface area (Å²) in [6.07, 6.45) is 5.41. The van der Waals surface area contributed by atoms with Crippen molar-refractivity contribution in [3.63, 3.8) is 0 Å². The summed E-state index contributed by atoms with van der Waals surface area (Å²) < 4.78 is 1.97. The van der Waals surface area contributed by atoms with Gasteiger partial charge in [-0.2, -0.15) is 0 Å². The molecule has 1 aromatic heterocycles. The van der Waals surface area contributed by atoms with Crippen molar-refractivity contribution in [1.29, 1.82) is 0 Å². The number of aromatic nitrogens is 2. The third kappa shape index (κ3) is 3.74. The fourth-order valence-electron chi connectivity index (χ4n) is 1.44. The van der Waals surface area contributed by atoms with Gasteiger partial charge in [-0.3, -0.25) is 0 Å². The molecule has 94 valence electrons. The molecule has 0 spiro atoms. The molecule has 0 aliphatic heterocycles. The number of aromatic hydroxyl groups is 1. The third-order valence-electron chi connectivity index (χ3n) is 2.34. The molecule has 0 radical (unpaired) electrons. The number of phenolic OH excluding ortho intramolecular Hbond substituents is 1. The van der Waals surface area contributed by atoms with E-state index < -0.39 is 0 Å². The molecule has 1 heterocycles. The average molecular weight is 262 g/mol. The number of hydrogen-bond acceptors (Lipinski definition) is 3. The summed E-state index contributed by atoms with van der Waals surface area (Å²) in [7, 11) is 0. The first kappa shape index (κ1) is 12.4. The van der Waals surface area contributed by atoms with Gasteiger partial charge < -0.3 is 20.3 Å². The van der Waals surface area contributed by atoms with Crippen LogP contribution in [0.15, 0.2) is 43.0 Å². The average Bonchev–Trinajstić information content (AvgIpc) is 2.85. The van der Waals surface area contributed by atoms with Gasteiger partial charge in [-0.15, -0.1) is 0 Å². The van der Waals surface area contributed by atoms with Crippen LogP contribution in [-0.4, -0.2) is 26.3 Å². The summed E-state index contributed by atoms with van der Waals surface area (Å²) in [5.74, 6) is 0.236. The van der Waals surface area contributed by atoms with Crippen molar-refractivity contribution in [3.05, 3.63) is 43.0 Å². The van der Waals surface area contributed by atoms with Crippen molar-refractivity contribution in [2.24, 2.45) is 0 Å². The zero-order chi connectivity index (χ0) is 12.8. The summed E-state index contributed by atoms with van der Waals surface area (Å²) in [4.78, 5) is 3.96. The van der Waals surface area contributed by atoms with E-state index >= 15 is 0 Å². The lowest BCUT2D eigenvalue weighted by Crippen LogP contribution is -2.31. The molecule has 0 amide bonds. The largest absolute Gasteiger partial charge is 0.508 e. The summed E-state index contributed by atoms with van der Waals surface area (Å²) in [6, 6.07) is 6.74. The number of nitrogens with zero attached hydrogens (tertiary/aromatic N) is 2. The lowest BCUT2D eigenvalue weighted by atomic mass is 10.3. The van der Waals surface area contributed by atoms with E-state index in [0.717, 1.165) is 18.8 Å². The second-order valence-corrected chi connectivity index (χ2v) is 4.14. The lowest BCUT2D eigenvalue weighted by molar-refractivity contribution is 0.475. The Kier molecular flexibility index (Phi) is 4.14. The second-order valence-electron chi connectivity index (χ2n) is 3.73. The molecular formula is C12H14N4OS. The van der Waals surface area contributed by atoms with E-state index in [1.807, 2.05) is 10.8 Å². The molecular weight excluding hydrogens is 248 g/mol. The topological polar surface area (TPSA) is 62.1 Å². The number of phenols is 1. The molecule has 5 nitrogen and oxygen atoms in total. The fraction of sp³-hybridized carbons (Fsp3) is 0.167. The van der Waals surface area contributed by atoms with E-state index in [4.69, 9.17) is 17.3 Å². The molecule has 0 bridgehead atoms. The highest BCUT2D eigenvalue weighted by Gasteiger charge is 1.97. The fourth-order valence-corrected chi connectivity index (χ4v) is 1.66. The Bertz CT molecular complexity index is 495. The number of hydrogen-bond donors (Lipinski definition) is 3. The molecule has 0 aliphatic rings. The maximum Gasteiger partial charge on any atom is 0.170 e. The van der Waals surface area contributed by atoms with Gasteiger partial charge in [0.25, 0.3) is 0 Å². The minimum Gasteiger partial charge on any atom is -0.508 e. The Labute approximate surface area is 110 Å². The van der Waals surface area contributed by atoms with Crippen LogP contribution in [0.3, 0.4) is 0 Å². The molecule has 2 rings (SSSR count). The van der Waals surface area contributed by atoms with Crippen LogP contribution in [0.2, 0.25) is 0 Å². The molecule has 0 fully saturated rings. The monoisotopic (exact) mass is 262 g/mol. The van der Waals surface area contributed by atoms with E-state index in [-0.39, 0.29) is 5.75 Å². The molecule has 0 atom stereocenters. The Morgan fingerprint density at radius 3 is 2.78 bits per heavy atom. The SMILES string of the molecule is Oc1ccc(NC(=S)NCCn2ccnc2)cc1. The zero-order valence-corrected chi connectivity index (χ0v) is 10.5. The number of anilines is 1. The molecule has 18 heavy (non-hydrogen) atoms. The van der Waals surface area contributed by atoms with Gasteiger partial charge in [0.2, 0.25) is 0 Å². The Morgan fingerprint density at radius 1 is 1.33 bits per heavy atom. The predicted octanol–water partition coefficient (Wildman–Crippen LogP) is 1.58. The van der Waals surface area contributed by atoms with E-state index in [9.17, 15) is 0 Å². The number of imidazole rings is 1. The van der Waals surface area contributed by atoms with Gasteiger partial charge in [-0.1, -0.05) is 0 Å². The van der Waals surface area contributed by atoms with Gasteiger partial charge in [0.1, 0.15) is 5.75 Å². The normalized spacial score (nSPS) is 10.0. The van der Waals surface area contributed by atoms with Crippen LogP contribution in [0.4, 0.5) is 5.69 Å². The van der Waals surface area contributed by atoms with Crippen molar-refractivity contribution in [2.45, 2.75) is 6.54 Å². The van der Waals surface area contributed by atoms with Crippen LogP contribution in [0, 0.1) is 0 Å². The van der Waals surface area contributed by atoms with Gasteiger partial charge >= 0.3 is 0 Å². The standard InChI is InChI=1S/C12H14N4OS/c17-11-3-1-10(2-4-11)15-12(18)14-6-8-16-7-5-13-9-16/h1-5,7,9,17H,6,8H2,(H2,14,15,18). The number of thiocarbonyl (C=S) groups is 1. The van der Waals surface area contributed by atoms with Gasteiger partial charge in [0, 0.05) is 31.2 Å². The van der Waals surface area contributed by atoms with Gasteiger partial charge in [-0.25, -0.2) is 4.98 Å². The van der Waals surface area contributed by atoms with Crippen LogP contribution in [0.1, 0.15) is 0 Å². The zero-order valence-electron chi connectivity index (χ0n) is 9.71. The summed E-state index contributed by atoms with van der Waals surface area (Å²) in [6.45, 7) is 1.53. The van der Waals surface area contributed by atoms with Crippen LogP contribution >= 0.6 is 12.2 Å². The number of rotatable bonds is 4. The maximum absolute atomic E-state index is 9.15. The van der Waals surface area contributed by atoms with Crippen LogP contribution < -0.4 is 10.6 Å². The number of benzene rings is 1. The molecule has 1 aromatic carbocycles. The quantitative estimate of drug-likeness (QED) is 0.577. The van der Waals surface area contributed by atoms with Crippen LogP contribution in [0.5, 0.6) is 5.75 Å².